The van der Waals surface area contributed by atoms with E-state index in [0.717, 1.165) is 38.5 Å². The summed E-state index contributed by atoms with van der Waals surface area (Å²) in [6, 6.07) is 0. The number of fused-ring (bicyclic) bond motifs is 1. The average molecular weight is 462 g/mol. The molecule has 11 heteroatoms. The van der Waals surface area contributed by atoms with Gasteiger partial charge in [0.2, 0.25) is 5.91 Å². The van der Waals surface area contributed by atoms with E-state index in [2.05, 4.69) is 10.1 Å². The molecule has 0 aliphatic carbocycles. The molecular weight excluding hydrogens is 426 g/mol. The van der Waals surface area contributed by atoms with Gasteiger partial charge < -0.3 is 10.6 Å². The summed E-state index contributed by atoms with van der Waals surface area (Å²) in [6.07, 6.45) is 7.59. The van der Waals surface area contributed by atoms with E-state index >= 15 is 0 Å². The van der Waals surface area contributed by atoms with Crippen molar-refractivity contribution in [3.8, 4) is 0 Å². The minimum atomic E-state index is -0.705. The summed E-state index contributed by atoms with van der Waals surface area (Å²) in [5.74, 6) is 0.197. The lowest BCUT2D eigenvalue weighted by atomic mass is 10.2. The minimum Gasteiger partial charge on any atom is -0.383 e. The Bertz CT molecular complexity index is 1140. The summed E-state index contributed by atoms with van der Waals surface area (Å²) in [5, 5.41) is 4.39. The molecule has 33 heavy (non-hydrogen) atoms. The SMILES string of the molecule is CCCCCN(C(=O)Cn1nc2n(c1=O)CCCCC2)c1c(N)n(CCCC)c(=O)[nH]c1=O. The van der Waals surface area contributed by atoms with Crippen molar-refractivity contribution in [2.75, 3.05) is 17.2 Å². The molecule has 1 aliphatic rings. The standard InChI is InChI=1S/C22H35N7O4/c1-3-5-9-14-27(18-19(23)28(12-6-4-2)21(32)24-20(18)31)17(30)15-29-22(33)26-13-10-7-8-11-16(26)25-29/h3-15,23H2,1-2H3,(H,24,31,32). The number of aromatic amines is 1. The minimum absolute atomic E-state index is 0.0324. The van der Waals surface area contributed by atoms with Gasteiger partial charge in [-0.2, -0.15) is 5.10 Å². The molecular formula is C22H35N7O4. The van der Waals surface area contributed by atoms with Crippen LogP contribution in [-0.4, -0.2) is 36.4 Å². The molecule has 1 amide bonds. The van der Waals surface area contributed by atoms with Gasteiger partial charge in [-0.3, -0.25) is 23.7 Å². The molecule has 3 heterocycles. The third kappa shape index (κ3) is 5.45. The zero-order valence-electron chi connectivity index (χ0n) is 19.6. The number of nitrogens with two attached hydrogens (primary N) is 1. The molecule has 1 aliphatic heterocycles. The maximum absolute atomic E-state index is 13.4. The van der Waals surface area contributed by atoms with E-state index in [1.54, 1.807) is 4.57 Å². The van der Waals surface area contributed by atoms with E-state index in [1.165, 1.54) is 14.1 Å². The number of aromatic nitrogens is 5. The number of anilines is 2. The number of nitrogens with one attached hydrogen (secondary N) is 1. The largest absolute Gasteiger partial charge is 0.383 e. The molecule has 0 aromatic carbocycles. The van der Waals surface area contributed by atoms with Crippen molar-refractivity contribution in [1.82, 2.24) is 23.9 Å². The molecule has 0 saturated carbocycles. The van der Waals surface area contributed by atoms with Gasteiger partial charge in [0.1, 0.15) is 18.2 Å². The first-order chi connectivity index (χ1) is 15.9. The number of unbranched alkanes of at least 4 members (excludes halogenated alkanes) is 3. The van der Waals surface area contributed by atoms with Crippen molar-refractivity contribution < 1.29 is 4.79 Å². The van der Waals surface area contributed by atoms with Crippen LogP contribution in [0.15, 0.2) is 14.4 Å². The molecule has 11 nitrogen and oxygen atoms in total. The number of amides is 1. The first-order valence-corrected chi connectivity index (χ1v) is 12.0. The van der Waals surface area contributed by atoms with Gasteiger partial charge in [-0.25, -0.2) is 14.3 Å². The van der Waals surface area contributed by atoms with Gasteiger partial charge in [0.05, 0.1) is 0 Å². The Morgan fingerprint density at radius 1 is 1.09 bits per heavy atom. The van der Waals surface area contributed by atoms with Crippen LogP contribution in [-0.2, 0) is 30.8 Å². The van der Waals surface area contributed by atoms with E-state index in [4.69, 9.17) is 5.73 Å². The Morgan fingerprint density at radius 3 is 2.58 bits per heavy atom. The van der Waals surface area contributed by atoms with Gasteiger partial charge in [0.25, 0.3) is 5.56 Å². The van der Waals surface area contributed by atoms with E-state index < -0.39 is 17.2 Å². The number of rotatable bonds is 10. The molecule has 0 atom stereocenters. The molecule has 0 unspecified atom stereocenters. The van der Waals surface area contributed by atoms with E-state index in [9.17, 15) is 19.2 Å². The second-order valence-electron chi connectivity index (χ2n) is 8.57. The molecule has 2 aromatic heterocycles. The fourth-order valence-electron chi connectivity index (χ4n) is 4.20. The lowest BCUT2D eigenvalue weighted by molar-refractivity contribution is -0.119. The third-order valence-electron chi connectivity index (χ3n) is 6.07. The highest BCUT2D eigenvalue weighted by Crippen LogP contribution is 2.19. The Balaban J connectivity index is 1.97. The molecule has 0 saturated heterocycles. The molecule has 3 N–H and O–H groups in total. The van der Waals surface area contributed by atoms with Crippen LogP contribution in [0.1, 0.15) is 71.0 Å². The third-order valence-corrected chi connectivity index (χ3v) is 6.07. The Kier molecular flexibility index (Phi) is 8.29. The van der Waals surface area contributed by atoms with Crippen molar-refractivity contribution in [3.05, 3.63) is 37.1 Å². The number of hydrogen-bond donors (Lipinski definition) is 2. The second kappa shape index (κ2) is 11.2. The molecule has 3 rings (SSSR count). The van der Waals surface area contributed by atoms with Gasteiger partial charge in [-0.15, -0.1) is 0 Å². The van der Waals surface area contributed by atoms with Crippen LogP contribution < -0.4 is 27.6 Å². The van der Waals surface area contributed by atoms with Gasteiger partial charge >= 0.3 is 11.4 Å². The number of H-pyrrole nitrogens is 1. The Morgan fingerprint density at radius 2 is 1.85 bits per heavy atom. The molecule has 0 radical (unpaired) electrons. The van der Waals surface area contributed by atoms with Crippen molar-refractivity contribution in [2.24, 2.45) is 0 Å². The van der Waals surface area contributed by atoms with E-state index in [1.807, 2.05) is 13.8 Å². The van der Waals surface area contributed by atoms with Crippen LogP contribution in [0.2, 0.25) is 0 Å². The zero-order valence-corrected chi connectivity index (χ0v) is 19.6. The Hall–Kier alpha value is -3.11. The molecule has 2 aromatic rings. The number of nitrogen functional groups attached to an aromatic ring is 1. The number of carbonyl (C=O) groups is 1. The number of carbonyl (C=O) groups excluding carboxylic acids is 1. The van der Waals surface area contributed by atoms with Crippen molar-refractivity contribution >= 4 is 17.4 Å². The quantitative estimate of drug-likeness (QED) is 0.510. The van der Waals surface area contributed by atoms with E-state index in [0.29, 0.717) is 38.2 Å². The summed E-state index contributed by atoms with van der Waals surface area (Å²) in [4.78, 5) is 54.9. The van der Waals surface area contributed by atoms with Crippen LogP contribution in [0.4, 0.5) is 11.5 Å². The van der Waals surface area contributed by atoms with Crippen molar-refractivity contribution in [2.45, 2.75) is 91.3 Å². The maximum atomic E-state index is 13.4. The van der Waals surface area contributed by atoms with Crippen LogP contribution in [0.5, 0.6) is 0 Å². The normalized spacial score (nSPS) is 13.5. The lowest BCUT2D eigenvalue weighted by Crippen LogP contribution is -2.44. The summed E-state index contributed by atoms with van der Waals surface area (Å²) in [5.41, 5.74) is 4.59. The van der Waals surface area contributed by atoms with Gasteiger partial charge in [0, 0.05) is 26.1 Å². The highest BCUT2D eigenvalue weighted by Gasteiger charge is 2.26. The van der Waals surface area contributed by atoms with Crippen LogP contribution in [0.25, 0.3) is 0 Å². The van der Waals surface area contributed by atoms with Crippen molar-refractivity contribution in [1.29, 1.82) is 0 Å². The maximum Gasteiger partial charge on any atom is 0.346 e. The van der Waals surface area contributed by atoms with Crippen LogP contribution in [0.3, 0.4) is 0 Å². The Labute approximate surface area is 192 Å². The zero-order chi connectivity index (χ0) is 24.0. The molecule has 0 bridgehead atoms. The fraction of sp³-hybridized carbons (Fsp3) is 0.682. The monoisotopic (exact) mass is 461 g/mol. The number of nitrogens with zero attached hydrogens (tertiary/aromatic N) is 5. The van der Waals surface area contributed by atoms with Gasteiger partial charge in [-0.1, -0.05) is 39.5 Å². The topological polar surface area (TPSA) is 141 Å². The molecule has 182 valence electrons. The highest BCUT2D eigenvalue weighted by molar-refractivity contribution is 5.95. The summed E-state index contributed by atoms with van der Waals surface area (Å²) < 4.78 is 4.10. The number of hydrogen-bond acceptors (Lipinski definition) is 6. The fourth-order valence-corrected chi connectivity index (χ4v) is 4.20. The summed E-state index contributed by atoms with van der Waals surface area (Å²) in [6.45, 7) is 4.92. The number of aryl methyl sites for hydroxylation is 1. The smallest absolute Gasteiger partial charge is 0.346 e. The predicted molar refractivity (Wildman–Crippen MR) is 127 cm³/mol. The molecule has 0 fully saturated rings. The highest BCUT2D eigenvalue weighted by atomic mass is 16.2. The lowest BCUT2D eigenvalue weighted by Gasteiger charge is -2.24. The van der Waals surface area contributed by atoms with Gasteiger partial charge in [-0.05, 0) is 25.7 Å². The van der Waals surface area contributed by atoms with Gasteiger partial charge in [0.15, 0.2) is 5.69 Å². The summed E-state index contributed by atoms with van der Waals surface area (Å²) in [7, 11) is 0. The van der Waals surface area contributed by atoms with Crippen LogP contribution in [0, 0.1) is 0 Å². The first kappa shape index (κ1) is 24.5. The van der Waals surface area contributed by atoms with Crippen molar-refractivity contribution in [3.63, 3.8) is 0 Å². The first-order valence-electron chi connectivity index (χ1n) is 12.0. The average Bonchev–Trinajstić information content (AvgIpc) is 2.93. The predicted octanol–water partition coefficient (Wildman–Crippen LogP) is 1.23. The molecule has 0 spiro atoms. The van der Waals surface area contributed by atoms with Crippen LogP contribution >= 0.6 is 0 Å². The second-order valence-corrected chi connectivity index (χ2v) is 8.57. The van der Waals surface area contributed by atoms with E-state index in [-0.39, 0.29) is 30.3 Å². The summed E-state index contributed by atoms with van der Waals surface area (Å²) >= 11 is 0.